The molecule has 1 fully saturated rings. The third-order valence-electron chi connectivity index (χ3n) is 4.43. The van der Waals surface area contributed by atoms with Crippen molar-refractivity contribution in [1.82, 2.24) is 4.98 Å². The lowest BCUT2D eigenvalue weighted by Gasteiger charge is -2.30. The molecule has 1 aromatic heterocycles. The van der Waals surface area contributed by atoms with Crippen molar-refractivity contribution in [3.05, 3.63) is 71.6 Å². The maximum atomic E-state index is 6.12. The van der Waals surface area contributed by atoms with Gasteiger partial charge in [0.15, 0.2) is 0 Å². The molecule has 126 valence electrons. The van der Waals surface area contributed by atoms with Crippen LogP contribution >= 0.6 is 0 Å². The lowest BCUT2D eigenvalue weighted by atomic mass is 9.97. The van der Waals surface area contributed by atoms with E-state index in [0.29, 0.717) is 6.61 Å². The lowest BCUT2D eigenvalue weighted by molar-refractivity contribution is -0.0792. The minimum absolute atomic E-state index is 0.0581. The second-order valence-electron chi connectivity index (χ2n) is 6.08. The summed E-state index contributed by atoms with van der Waals surface area (Å²) in [4.78, 5) is 3.32. The van der Waals surface area contributed by atoms with Crippen LogP contribution in [0.3, 0.4) is 0 Å². The van der Waals surface area contributed by atoms with Gasteiger partial charge in [-0.05, 0) is 25.0 Å². The molecule has 1 N–H and O–H groups in total. The highest BCUT2D eigenvalue weighted by molar-refractivity contribution is 5.65. The van der Waals surface area contributed by atoms with Crippen LogP contribution in [0.25, 0.3) is 12.2 Å². The van der Waals surface area contributed by atoms with E-state index in [1.165, 1.54) is 11.1 Å². The molecule has 3 nitrogen and oxygen atoms in total. The molecular formula is C21H25NO2. The van der Waals surface area contributed by atoms with Gasteiger partial charge in [0, 0.05) is 36.0 Å². The van der Waals surface area contributed by atoms with Gasteiger partial charge in [-0.1, -0.05) is 49.1 Å². The SMILES string of the molecule is C=Cc1c([C@H]2C[C@@H](OCc3ccccc3)CCO2)c[nH]c1/C=C\C. The first kappa shape index (κ1) is 16.7. The molecular weight excluding hydrogens is 298 g/mol. The Morgan fingerprint density at radius 2 is 2.17 bits per heavy atom. The van der Waals surface area contributed by atoms with Gasteiger partial charge >= 0.3 is 0 Å². The van der Waals surface area contributed by atoms with Crippen LogP contribution < -0.4 is 0 Å². The van der Waals surface area contributed by atoms with Crippen molar-refractivity contribution < 1.29 is 9.47 Å². The van der Waals surface area contributed by atoms with Crippen LogP contribution in [0.4, 0.5) is 0 Å². The normalized spacial score (nSPS) is 21.2. The Morgan fingerprint density at radius 1 is 1.33 bits per heavy atom. The summed E-state index contributed by atoms with van der Waals surface area (Å²) in [6.07, 6.45) is 10.1. The molecule has 3 rings (SSSR count). The fourth-order valence-electron chi connectivity index (χ4n) is 3.19. The Hall–Kier alpha value is -2.10. The Labute approximate surface area is 144 Å². The Kier molecular flexibility index (Phi) is 5.68. The van der Waals surface area contributed by atoms with E-state index in [1.54, 1.807) is 0 Å². The van der Waals surface area contributed by atoms with Crippen molar-refractivity contribution in [2.45, 2.75) is 38.6 Å². The first-order valence-corrected chi connectivity index (χ1v) is 8.55. The zero-order chi connectivity index (χ0) is 16.8. The number of allylic oxidation sites excluding steroid dienone is 1. The monoisotopic (exact) mass is 323 g/mol. The summed E-state index contributed by atoms with van der Waals surface area (Å²) in [5, 5.41) is 0. The molecule has 3 heteroatoms. The van der Waals surface area contributed by atoms with Gasteiger partial charge in [-0.2, -0.15) is 0 Å². The van der Waals surface area contributed by atoms with E-state index in [4.69, 9.17) is 9.47 Å². The number of nitrogens with one attached hydrogen (secondary N) is 1. The molecule has 1 aliphatic heterocycles. The molecule has 1 saturated heterocycles. The summed E-state index contributed by atoms with van der Waals surface area (Å²) in [7, 11) is 0. The van der Waals surface area contributed by atoms with E-state index in [1.807, 2.05) is 43.5 Å². The van der Waals surface area contributed by atoms with E-state index in [0.717, 1.165) is 30.7 Å². The number of hydrogen-bond acceptors (Lipinski definition) is 2. The average molecular weight is 323 g/mol. The summed E-state index contributed by atoms with van der Waals surface area (Å²) in [6.45, 7) is 7.35. The van der Waals surface area contributed by atoms with Gasteiger partial charge in [-0.25, -0.2) is 0 Å². The highest BCUT2D eigenvalue weighted by atomic mass is 16.5. The second kappa shape index (κ2) is 8.13. The van der Waals surface area contributed by atoms with Crippen molar-refractivity contribution in [3.8, 4) is 0 Å². The van der Waals surface area contributed by atoms with Crippen LogP contribution in [0.2, 0.25) is 0 Å². The van der Waals surface area contributed by atoms with Gasteiger partial charge in [0.1, 0.15) is 0 Å². The molecule has 0 radical (unpaired) electrons. The molecule has 2 aromatic rings. The van der Waals surface area contributed by atoms with Crippen LogP contribution in [0.5, 0.6) is 0 Å². The molecule has 0 unspecified atom stereocenters. The number of rotatable bonds is 6. The quantitative estimate of drug-likeness (QED) is 0.800. The fourth-order valence-corrected chi connectivity index (χ4v) is 3.19. The molecule has 1 aliphatic rings. The third-order valence-corrected chi connectivity index (χ3v) is 4.43. The number of benzene rings is 1. The van der Waals surface area contributed by atoms with E-state index >= 15 is 0 Å². The van der Waals surface area contributed by atoms with Crippen LogP contribution in [-0.4, -0.2) is 17.7 Å². The predicted molar refractivity (Wildman–Crippen MR) is 98.5 cm³/mol. The van der Waals surface area contributed by atoms with Gasteiger partial charge in [0.2, 0.25) is 0 Å². The molecule has 0 aliphatic carbocycles. The summed E-state index contributed by atoms with van der Waals surface area (Å²) in [5.74, 6) is 0. The summed E-state index contributed by atoms with van der Waals surface area (Å²) >= 11 is 0. The molecule has 0 saturated carbocycles. The first-order valence-electron chi connectivity index (χ1n) is 8.55. The number of hydrogen-bond donors (Lipinski definition) is 1. The molecule has 24 heavy (non-hydrogen) atoms. The molecule has 0 amide bonds. The van der Waals surface area contributed by atoms with Crippen LogP contribution in [0.15, 0.2) is 49.2 Å². The Bertz CT molecular complexity index is 687. The van der Waals surface area contributed by atoms with Crippen molar-refractivity contribution in [1.29, 1.82) is 0 Å². The minimum Gasteiger partial charge on any atom is -0.373 e. The average Bonchev–Trinajstić information content (AvgIpc) is 3.04. The largest absolute Gasteiger partial charge is 0.373 e. The van der Waals surface area contributed by atoms with Crippen LogP contribution in [-0.2, 0) is 16.1 Å². The lowest BCUT2D eigenvalue weighted by Crippen LogP contribution is -2.26. The number of ether oxygens (including phenoxy) is 2. The van der Waals surface area contributed by atoms with Crippen molar-refractivity contribution >= 4 is 12.2 Å². The second-order valence-corrected chi connectivity index (χ2v) is 6.08. The zero-order valence-corrected chi connectivity index (χ0v) is 14.2. The maximum Gasteiger partial charge on any atom is 0.0870 e. The molecule has 2 atom stereocenters. The standard InChI is InChI=1S/C21H25NO2/c1-3-8-20-18(4-2)19(14-22-20)21-13-17(11-12-23-21)24-15-16-9-6-5-7-10-16/h3-10,14,17,21-22H,2,11-13,15H2,1H3/b8-3-/t17-,21+/m0/s1. The number of aromatic amines is 1. The van der Waals surface area contributed by atoms with E-state index in [-0.39, 0.29) is 12.2 Å². The van der Waals surface area contributed by atoms with Gasteiger partial charge in [-0.3, -0.25) is 0 Å². The van der Waals surface area contributed by atoms with Crippen molar-refractivity contribution in [2.75, 3.05) is 6.61 Å². The molecule has 0 bridgehead atoms. The summed E-state index contributed by atoms with van der Waals surface area (Å²) < 4.78 is 12.1. The summed E-state index contributed by atoms with van der Waals surface area (Å²) in [5.41, 5.74) is 4.59. The highest BCUT2D eigenvalue weighted by Crippen LogP contribution is 2.34. The van der Waals surface area contributed by atoms with Crippen LogP contribution in [0, 0.1) is 0 Å². The van der Waals surface area contributed by atoms with Gasteiger partial charge in [-0.15, -0.1) is 0 Å². The number of aromatic nitrogens is 1. The topological polar surface area (TPSA) is 34.2 Å². The maximum absolute atomic E-state index is 6.12. The fraction of sp³-hybridized carbons (Fsp3) is 0.333. The third kappa shape index (κ3) is 3.86. The smallest absolute Gasteiger partial charge is 0.0870 e. The zero-order valence-electron chi connectivity index (χ0n) is 14.2. The highest BCUT2D eigenvalue weighted by Gasteiger charge is 2.27. The first-order chi connectivity index (χ1) is 11.8. The molecule has 0 spiro atoms. The Morgan fingerprint density at radius 3 is 2.92 bits per heavy atom. The molecule has 2 heterocycles. The van der Waals surface area contributed by atoms with Gasteiger partial charge in [0.05, 0.1) is 18.8 Å². The van der Waals surface area contributed by atoms with E-state index in [2.05, 4.69) is 29.8 Å². The Balaban J connectivity index is 1.66. The van der Waals surface area contributed by atoms with E-state index in [9.17, 15) is 0 Å². The minimum atomic E-state index is 0.0581. The summed E-state index contributed by atoms with van der Waals surface area (Å²) in [6, 6.07) is 10.3. The van der Waals surface area contributed by atoms with E-state index < -0.39 is 0 Å². The van der Waals surface area contributed by atoms with Crippen molar-refractivity contribution in [2.24, 2.45) is 0 Å². The van der Waals surface area contributed by atoms with Crippen LogP contribution in [0.1, 0.15) is 48.3 Å². The molecule has 1 aromatic carbocycles. The van der Waals surface area contributed by atoms with Gasteiger partial charge < -0.3 is 14.5 Å². The number of H-pyrrole nitrogens is 1. The van der Waals surface area contributed by atoms with Gasteiger partial charge in [0.25, 0.3) is 0 Å². The predicted octanol–water partition coefficient (Wildman–Crippen LogP) is 5.13. The van der Waals surface area contributed by atoms with Crippen molar-refractivity contribution in [3.63, 3.8) is 0 Å².